The Bertz CT molecular complexity index is 107. The van der Waals surface area contributed by atoms with Crippen LogP contribution in [0.3, 0.4) is 0 Å². The van der Waals surface area contributed by atoms with E-state index in [0.29, 0.717) is 5.92 Å². The van der Waals surface area contributed by atoms with Crippen LogP contribution in [0.5, 0.6) is 0 Å². The van der Waals surface area contributed by atoms with Crippen LogP contribution in [-0.4, -0.2) is 16.9 Å². The van der Waals surface area contributed by atoms with Crippen LogP contribution in [0.1, 0.15) is 38.5 Å². The summed E-state index contributed by atoms with van der Waals surface area (Å²) < 4.78 is 0. The lowest BCUT2D eigenvalue weighted by molar-refractivity contribution is -0.111. The van der Waals surface area contributed by atoms with E-state index in [9.17, 15) is 4.79 Å². The first-order chi connectivity index (χ1) is 6.35. The summed E-state index contributed by atoms with van der Waals surface area (Å²) in [7, 11) is 0. The maximum Gasteiger partial charge on any atom is 0.123 e. The number of hydrogen-bond acceptors (Lipinski definition) is 1. The number of hydrogen-bond donors (Lipinski definition) is 0. The lowest BCUT2D eigenvalue weighted by Gasteiger charge is -2.08. The first-order valence-electron chi connectivity index (χ1n) is 4.92. The molecule has 0 saturated heterocycles. The van der Waals surface area contributed by atoms with Gasteiger partial charge in [-0.25, -0.2) is 0 Å². The highest BCUT2D eigenvalue weighted by molar-refractivity contribution is 9.09. The Morgan fingerprint density at radius 3 is 1.69 bits per heavy atom. The molecule has 0 amide bonds. The molecule has 3 heteroatoms. The molecule has 0 atom stereocenters. The van der Waals surface area contributed by atoms with E-state index in [2.05, 4.69) is 31.9 Å². The van der Waals surface area contributed by atoms with Crippen LogP contribution in [0, 0.1) is 5.92 Å². The largest absolute Gasteiger partial charge is 0.303 e. The van der Waals surface area contributed by atoms with Crippen LogP contribution >= 0.6 is 31.9 Å². The number of halogens is 2. The molecule has 0 N–H and O–H groups in total. The number of aldehydes is 1. The molecule has 0 spiro atoms. The Kier molecular flexibility index (Phi) is 11.2. The van der Waals surface area contributed by atoms with E-state index >= 15 is 0 Å². The van der Waals surface area contributed by atoms with Crippen LogP contribution in [-0.2, 0) is 4.79 Å². The molecule has 0 heterocycles. The molecule has 0 bridgehead atoms. The predicted octanol–water partition coefficient (Wildman–Crippen LogP) is 3.93. The van der Waals surface area contributed by atoms with E-state index in [0.717, 1.165) is 29.8 Å². The molecule has 78 valence electrons. The van der Waals surface area contributed by atoms with Crippen LogP contribution in [0.2, 0.25) is 0 Å². The van der Waals surface area contributed by atoms with Crippen LogP contribution < -0.4 is 0 Å². The van der Waals surface area contributed by atoms with Gasteiger partial charge >= 0.3 is 0 Å². The zero-order valence-corrected chi connectivity index (χ0v) is 11.1. The quantitative estimate of drug-likeness (QED) is 0.358. The van der Waals surface area contributed by atoms with Gasteiger partial charge < -0.3 is 4.79 Å². The maximum atomic E-state index is 10.7. The molecule has 0 saturated carbocycles. The normalized spacial score (nSPS) is 10.7. The minimum Gasteiger partial charge on any atom is -0.303 e. The van der Waals surface area contributed by atoms with Gasteiger partial charge in [0.2, 0.25) is 0 Å². The van der Waals surface area contributed by atoms with Gasteiger partial charge in [-0.15, -0.1) is 0 Å². The van der Waals surface area contributed by atoms with Crippen LogP contribution in [0.4, 0.5) is 0 Å². The maximum absolute atomic E-state index is 10.7. The lowest BCUT2D eigenvalue weighted by Crippen LogP contribution is -2.02. The van der Waals surface area contributed by atoms with Gasteiger partial charge in [0.15, 0.2) is 0 Å². The van der Waals surface area contributed by atoms with E-state index in [1.54, 1.807) is 0 Å². The monoisotopic (exact) mass is 312 g/mol. The second-order valence-electron chi connectivity index (χ2n) is 3.27. The van der Waals surface area contributed by atoms with Crippen LogP contribution in [0.15, 0.2) is 0 Å². The van der Waals surface area contributed by atoms with Crippen LogP contribution in [0.25, 0.3) is 0 Å². The SMILES string of the molecule is O=CC(CCCCBr)CCCCBr. The molecule has 0 aliphatic heterocycles. The van der Waals surface area contributed by atoms with Crippen molar-refractivity contribution in [2.75, 3.05) is 10.7 Å². The molecule has 0 aliphatic carbocycles. The minimum absolute atomic E-state index is 0.304. The van der Waals surface area contributed by atoms with Crippen molar-refractivity contribution in [3.8, 4) is 0 Å². The predicted molar refractivity (Wildman–Crippen MR) is 64.8 cm³/mol. The highest BCUT2D eigenvalue weighted by Crippen LogP contribution is 2.14. The highest BCUT2D eigenvalue weighted by atomic mass is 79.9. The van der Waals surface area contributed by atoms with Crippen molar-refractivity contribution in [1.29, 1.82) is 0 Å². The van der Waals surface area contributed by atoms with Gasteiger partial charge in [-0.05, 0) is 25.7 Å². The summed E-state index contributed by atoms with van der Waals surface area (Å²) >= 11 is 6.78. The van der Waals surface area contributed by atoms with Gasteiger partial charge in [0, 0.05) is 16.6 Å². The molecule has 0 aromatic carbocycles. The number of carbonyl (C=O) groups excluding carboxylic acids is 1. The van der Waals surface area contributed by atoms with Gasteiger partial charge in [0.25, 0.3) is 0 Å². The molecule has 0 aliphatic rings. The smallest absolute Gasteiger partial charge is 0.123 e. The van der Waals surface area contributed by atoms with Crippen molar-refractivity contribution in [3.63, 3.8) is 0 Å². The first kappa shape index (κ1) is 13.6. The van der Waals surface area contributed by atoms with Crippen molar-refractivity contribution >= 4 is 38.1 Å². The third-order valence-electron chi connectivity index (χ3n) is 2.11. The van der Waals surface area contributed by atoms with Gasteiger partial charge in [-0.1, -0.05) is 44.7 Å². The third kappa shape index (κ3) is 8.95. The average Bonchev–Trinajstić information content (AvgIpc) is 2.16. The fourth-order valence-corrected chi connectivity index (χ4v) is 2.08. The van der Waals surface area contributed by atoms with Crippen molar-refractivity contribution in [2.24, 2.45) is 5.92 Å². The summed E-state index contributed by atoms with van der Waals surface area (Å²) in [6.45, 7) is 0. The second kappa shape index (κ2) is 10.7. The number of alkyl halides is 2. The molecular weight excluding hydrogens is 296 g/mol. The van der Waals surface area contributed by atoms with E-state index < -0.39 is 0 Å². The summed E-state index contributed by atoms with van der Waals surface area (Å²) in [5.74, 6) is 0.304. The summed E-state index contributed by atoms with van der Waals surface area (Å²) in [4.78, 5) is 10.7. The second-order valence-corrected chi connectivity index (χ2v) is 4.85. The van der Waals surface area contributed by atoms with Crippen molar-refractivity contribution in [2.45, 2.75) is 38.5 Å². The molecule has 1 nitrogen and oxygen atoms in total. The summed E-state index contributed by atoms with van der Waals surface area (Å²) in [6.07, 6.45) is 7.97. The zero-order valence-electron chi connectivity index (χ0n) is 7.98. The molecule has 0 fully saturated rings. The standard InChI is InChI=1S/C10H18Br2O/c11-7-3-1-5-10(9-13)6-2-4-8-12/h9-10H,1-8H2. The Morgan fingerprint density at radius 1 is 0.923 bits per heavy atom. The van der Waals surface area contributed by atoms with Crippen molar-refractivity contribution in [1.82, 2.24) is 0 Å². The molecule has 0 rings (SSSR count). The Labute approximate surface area is 97.9 Å². The average molecular weight is 314 g/mol. The highest BCUT2D eigenvalue weighted by Gasteiger charge is 2.05. The minimum atomic E-state index is 0.304. The Balaban J connectivity index is 3.34. The van der Waals surface area contributed by atoms with Gasteiger partial charge in [0.05, 0.1) is 0 Å². The van der Waals surface area contributed by atoms with Gasteiger partial charge in [0.1, 0.15) is 6.29 Å². The topological polar surface area (TPSA) is 17.1 Å². The molecule has 0 unspecified atom stereocenters. The molecule has 0 aromatic heterocycles. The summed E-state index contributed by atoms with van der Waals surface area (Å²) in [6, 6.07) is 0. The molecule has 13 heavy (non-hydrogen) atoms. The Morgan fingerprint density at radius 2 is 1.38 bits per heavy atom. The molecular formula is C10H18Br2O. The van der Waals surface area contributed by atoms with E-state index in [1.165, 1.54) is 25.7 Å². The fourth-order valence-electron chi connectivity index (χ4n) is 1.28. The summed E-state index contributed by atoms with van der Waals surface area (Å²) in [5, 5.41) is 2.11. The van der Waals surface area contributed by atoms with Crippen molar-refractivity contribution in [3.05, 3.63) is 0 Å². The Hall–Kier alpha value is 0.630. The zero-order chi connectivity index (χ0) is 9.94. The number of unbranched alkanes of at least 4 members (excludes halogenated alkanes) is 2. The molecule has 0 aromatic rings. The lowest BCUT2D eigenvalue weighted by atomic mass is 9.98. The van der Waals surface area contributed by atoms with E-state index in [4.69, 9.17) is 0 Å². The summed E-state index contributed by atoms with van der Waals surface area (Å²) in [5.41, 5.74) is 0. The van der Waals surface area contributed by atoms with E-state index in [-0.39, 0.29) is 0 Å². The fraction of sp³-hybridized carbons (Fsp3) is 0.900. The van der Waals surface area contributed by atoms with Crippen molar-refractivity contribution < 1.29 is 4.79 Å². The first-order valence-corrected chi connectivity index (χ1v) is 7.16. The molecule has 0 radical (unpaired) electrons. The van der Waals surface area contributed by atoms with Gasteiger partial charge in [-0.3, -0.25) is 0 Å². The van der Waals surface area contributed by atoms with Gasteiger partial charge in [-0.2, -0.15) is 0 Å². The van der Waals surface area contributed by atoms with E-state index in [1.807, 2.05) is 0 Å². The number of rotatable bonds is 9. The third-order valence-corrected chi connectivity index (χ3v) is 3.23. The number of carbonyl (C=O) groups is 1.